The summed E-state index contributed by atoms with van der Waals surface area (Å²) >= 11 is 4.12. The highest BCUT2D eigenvalue weighted by atomic mass is 32.2. The molecule has 1 N–H and O–H groups in total. The van der Waals surface area contributed by atoms with E-state index in [0.29, 0.717) is 10.3 Å². The van der Waals surface area contributed by atoms with Crippen molar-refractivity contribution in [2.75, 3.05) is 11.1 Å². The topological polar surface area (TPSA) is 98.0 Å². The van der Waals surface area contributed by atoms with E-state index in [1.165, 1.54) is 34.2 Å². The van der Waals surface area contributed by atoms with Gasteiger partial charge in [-0.05, 0) is 23.1 Å². The van der Waals surface area contributed by atoms with E-state index in [2.05, 4.69) is 53.6 Å². The largest absolute Gasteiger partial charge is 0.323 e. The van der Waals surface area contributed by atoms with Gasteiger partial charge in [-0.3, -0.25) is 14.9 Å². The molecule has 1 heterocycles. The number of hydrogen-bond acceptors (Lipinski definition) is 8. The van der Waals surface area contributed by atoms with Crippen molar-refractivity contribution in [1.29, 1.82) is 0 Å². The highest BCUT2D eigenvalue weighted by molar-refractivity contribution is 8.03. The summed E-state index contributed by atoms with van der Waals surface area (Å²) < 4.78 is 15.2. The second kappa shape index (κ2) is 10.7. The molecule has 3 rings (SSSR count). The quantitative estimate of drug-likeness (QED) is 0.238. The highest BCUT2D eigenvalue weighted by Gasteiger charge is 2.14. The van der Waals surface area contributed by atoms with Crippen LogP contribution in [0.25, 0.3) is 0 Å². The molecule has 0 saturated heterocycles. The first-order valence-electron chi connectivity index (χ1n) is 9.23. The van der Waals surface area contributed by atoms with Crippen LogP contribution in [0.3, 0.4) is 0 Å². The maximum absolute atomic E-state index is 13.8. The van der Waals surface area contributed by atoms with E-state index in [-0.39, 0.29) is 17.1 Å². The molecule has 31 heavy (non-hydrogen) atoms. The monoisotopic (exact) mass is 478 g/mol. The number of rotatable bonds is 9. The summed E-state index contributed by atoms with van der Waals surface area (Å²) in [5, 5.41) is 21.3. The summed E-state index contributed by atoms with van der Waals surface area (Å²) in [7, 11) is 0. The van der Waals surface area contributed by atoms with Crippen molar-refractivity contribution >= 4 is 52.1 Å². The SMILES string of the molecule is CC(C)c1ccc(CSc2nnc(SCC(=O)Nc3cc([N+](=O)[O-])ccc3F)s2)cc1. The van der Waals surface area contributed by atoms with E-state index in [4.69, 9.17) is 0 Å². The number of benzene rings is 2. The van der Waals surface area contributed by atoms with Crippen molar-refractivity contribution < 1.29 is 14.1 Å². The third-order valence-electron chi connectivity index (χ3n) is 4.16. The molecule has 0 unspecified atom stereocenters. The van der Waals surface area contributed by atoms with Gasteiger partial charge in [0.25, 0.3) is 5.69 Å². The normalized spacial score (nSPS) is 11.0. The van der Waals surface area contributed by atoms with E-state index in [0.717, 1.165) is 28.3 Å². The zero-order valence-corrected chi connectivity index (χ0v) is 19.2. The Morgan fingerprint density at radius 1 is 1.16 bits per heavy atom. The highest BCUT2D eigenvalue weighted by Crippen LogP contribution is 2.31. The molecule has 0 saturated carbocycles. The molecule has 7 nitrogen and oxygen atoms in total. The zero-order valence-electron chi connectivity index (χ0n) is 16.7. The summed E-state index contributed by atoms with van der Waals surface area (Å²) in [6, 6.07) is 11.5. The van der Waals surface area contributed by atoms with Crippen LogP contribution in [0.5, 0.6) is 0 Å². The molecule has 2 aromatic carbocycles. The first-order valence-corrected chi connectivity index (χ1v) is 12.0. The molecule has 11 heteroatoms. The number of non-ortho nitro benzene ring substituents is 1. The number of thioether (sulfide) groups is 2. The zero-order chi connectivity index (χ0) is 22.4. The second-order valence-electron chi connectivity index (χ2n) is 6.78. The van der Waals surface area contributed by atoms with Crippen molar-refractivity contribution in [2.24, 2.45) is 0 Å². The van der Waals surface area contributed by atoms with Crippen LogP contribution >= 0.6 is 34.9 Å². The summed E-state index contributed by atoms with van der Waals surface area (Å²) in [4.78, 5) is 22.2. The van der Waals surface area contributed by atoms with E-state index in [9.17, 15) is 19.3 Å². The van der Waals surface area contributed by atoms with E-state index in [1.807, 2.05) is 0 Å². The van der Waals surface area contributed by atoms with Crippen LogP contribution in [-0.4, -0.2) is 26.8 Å². The molecule has 0 atom stereocenters. The Morgan fingerprint density at radius 2 is 1.84 bits per heavy atom. The lowest BCUT2D eigenvalue weighted by Gasteiger charge is -2.06. The average molecular weight is 479 g/mol. The molecule has 0 radical (unpaired) electrons. The lowest BCUT2D eigenvalue weighted by atomic mass is 10.0. The molecular formula is C20H19FN4O3S3. The minimum Gasteiger partial charge on any atom is -0.323 e. The van der Waals surface area contributed by atoms with Crippen LogP contribution in [0.1, 0.15) is 30.9 Å². The van der Waals surface area contributed by atoms with Gasteiger partial charge in [-0.2, -0.15) is 0 Å². The van der Waals surface area contributed by atoms with E-state index >= 15 is 0 Å². The Morgan fingerprint density at radius 3 is 2.48 bits per heavy atom. The average Bonchev–Trinajstić information content (AvgIpc) is 3.20. The summed E-state index contributed by atoms with van der Waals surface area (Å²) in [6.07, 6.45) is 0. The van der Waals surface area contributed by atoms with Crippen molar-refractivity contribution in [3.05, 3.63) is 69.5 Å². The van der Waals surface area contributed by atoms with Gasteiger partial charge in [0.05, 0.1) is 16.4 Å². The Balaban J connectivity index is 1.49. The molecule has 0 spiro atoms. The fourth-order valence-electron chi connectivity index (χ4n) is 2.49. The number of nitro benzene ring substituents is 1. The molecule has 0 bridgehead atoms. The smallest absolute Gasteiger partial charge is 0.271 e. The van der Waals surface area contributed by atoms with Crippen LogP contribution < -0.4 is 5.32 Å². The molecule has 0 aliphatic rings. The Hall–Kier alpha value is -2.50. The van der Waals surface area contributed by atoms with Crippen molar-refractivity contribution in [3.63, 3.8) is 0 Å². The van der Waals surface area contributed by atoms with Crippen LogP contribution in [-0.2, 0) is 10.5 Å². The fraction of sp³-hybridized carbons (Fsp3) is 0.250. The number of amides is 1. The van der Waals surface area contributed by atoms with Gasteiger partial charge in [-0.1, -0.05) is 73.0 Å². The van der Waals surface area contributed by atoms with Crippen LogP contribution in [0, 0.1) is 15.9 Å². The number of aromatic nitrogens is 2. The van der Waals surface area contributed by atoms with Gasteiger partial charge in [-0.25, -0.2) is 4.39 Å². The van der Waals surface area contributed by atoms with E-state index < -0.39 is 16.6 Å². The minimum atomic E-state index is -0.736. The molecule has 0 aliphatic heterocycles. The Kier molecular flexibility index (Phi) is 7.99. The minimum absolute atomic E-state index is 0.0158. The first-order chi connectivity index (χ1) is 14.8. The second-order valence-corrected chi connectivity index (χ2v) is 10.2. The number of halogens is 1. The van der Waals surface area contributed by atoms with Crippen LogP contribution in [0.4, 0.5) is 15.8 Å². The van der Waals surface area contributed by atoms with Gasteiger partial charge in [0, 0.05) is 17.9 Å². The number of carbonyl (C=O) groups excluding carboxylic acids is 1. The van der Waals surface area contributed by atoms with Gasteiger partial charge >= 0.3 is 0 Å². The van der Waals surface area contributed by atoms with Crippen molar-refractivity contribution in [2.45, 2.75) is 34.2 Å². The molecule has 1 aromatic heterocycles. The lowest BCUT2D eigenvalue weighted by Crippen LogP contribution is -2.15. The first kappa shape index (κ1) is 23.2. The lowest BCUT2D eigenvalue weighted by molar-refractivity contribution is -0.384. The molecule has 0 aliphatic carbocycles. The summed E-state index contributed by atoms with van der Waals surface area (Å²) in [5.74, 6) is 0.0247. The van der Waals surface area contributed by atoms with Crippen molar-refractivity contribution in [3.8, 4) is 0 Å². The van der Waals surface area contributed by atoms with Gasteiger partial charge < -0.3 is 5.32 Å². The van der Waals surface area contributed by atoms with Crippen LogP contribution in [0.15, 0.2) is 51.1 Å². The molecule has 162 valence electrons. The number of nitrogens with zero attached hydrogens (tertiary/aromatic N) is 3. The number of carbonyl (C=O) groups is 1. The van der Waals surface area contributed by atoms with Gasteiger partial charge in [0.15, 0.2) is 8.68 Å². The van der Waals surface area contributed by atoms with Gasteiger partial charge in [-0.15, -0.1) is 10.2 Å². The van der Waals surface area contributed by atoms with Gasteiger partial charge in [0.2, 0.25) is 5.91 Å². The standard InChI is InChI=1S/C20H19FN4O3S3/c1-12(2)14-5-3-13(4-6-14)10-29-19-23-24-20(31-19)30-11-18(26)22-17-9-15(25(27)28)7-8-16(17)21/h3-9,12H,10-11H2,1-2H3,(H,22,26). The van der Waals surface area contributed by atoms with Gasteiger partial charge in [0.1, 0.15) is 5.82 Å². The third kappa shape index (κ3) is 6.74. The number of nitrogens with one attached hydrogen (secondary N) is 1. The Bertz CT molecular complexity index is 1070. The summed E-state index contributed by atoms with van der Waals surface area (Å²) in [5.41, 5.74) is 1.97. The number of hydrogen-bond donors (Lipinski definition) is 1. The third-order valence-corrected chi connectivity index (χ3v) is 7.42. The fourth-order valence-corrected chi connectivity index (χ4v) is 5.27. The van der Waals surface area contributed by atoms with E-state index in [1.54, 1.807) is 11.8 Å². The van der Waals surface area contributed by atoms with Crippen molar-refractivity contribution in [1.82, 2.24) is 10.2 Å². The van der Waals surface area contributed by atoms with Crippen LogP contribution in [0.2, 0.25) is 0 Å². The maximum Gasteiger partial charge on any atom is 0.271 e. The predicted molar refractivity (Wildman–Crippen MR) is 122 cm³/mol. The Labute approximate surface area is 191 Å². The molecular weight excluding hydrogens is 459 g/mol. The predicted octanol–water partition coefficient (Wildman–Crippen LogP) is 5.73. The number of anilines is 1. The molecule has 1 amide bonds. The number of nitro groups is 1. The molecule has 0 fully saturated rings. The molecule has 3 aromatic rings. The maximum atomic E-state index is 13.8. The summed E-state index contributed by atoms with van der Waals surface area (Å²) in [6.45, 7) is 4.31.